The van der Waals surface area contributed by atoms with E-state index in [1.54, 1.807) is 72.8 Å². The zero-order valence-electron chi connectivity index (χ0n) is 17.9. The van der Waals surface area contributed by atoms with Crippen LogP contribution in [0.15, 0.2) is 88.8 Å². The lowest BCUT2D eigenvalue weighted by Gasteiger charge is -2.19. The minimum atomic E-state index is -0.708. The van der Waals surface area contributed by atoms with E-state index in [1.165, 1.54) is 7.11 Å². The van der Waals surface area contributed by atoms with E-state index in [0.717, 1.165) is 4.90 Å². The van der Waals surface area contributed by atoms with Gasteiger partial charge in [-0.15, -0.1) is 12.6 Å². The van der Waals surface area contributed by atoms with E-state index < -0.39 is 17.6 Å². The minimum Gasteiger partial charge on any atom is -0.497 e. The normalized spacial score (nSPS) is 14.7. The number of hydrogen-bond acceptors (Lipinski definition) is 6. The van der Waals surface area contributed by atoms with Crippen molar-refractivity contribution in [2.24, 2.45) is 0 Å². The monoisotopic (exact) mass is 464 g/mol. The molecule has 0 spiro atoms. The molecule has 0 saturated carbocycles. The topological polar surface area (TPSA) is 87.5 Å². The van der Waals surface area contributed by atoms with Gasteiger partial charge in [0.2, 0.25) is 0 Å². The molecule has 6 nitrogen and oxygen atoms in total. The smallest absolute Gasteiger partial charge is 0.267 e. The first-order valence-corrected chi connectivity index (χ1v) is 10.8. The lowest BCUT2D eigenvalue weighted by atomic mass is 9.81. The Morgan fingerprint density at radius 3 is 2.18 bits per heavy atom. The summed E-state index contributed by atoms with van der Waals surface area (Å²) in [5.41, 5.74) is 1.64. The summed E-state index contributed by atoms with van der Waals surface area (Å²) in [4.78, 5) is 42.6. The number of amides is 2. The Morgan fingerprint density at radius 1 is 0.912 bits per heavy atom. The Labute approximate surface area is 200 Å². The molecule has 0 aromatic heterocycles. The molecule has 0 radical (unpaired) electrons. The Bertz CT molecular complexity index is 1490. The van der Waals surface area contributed by atoms with Crippen LogP contribution in [0.25, 0.3) is 11.3 Å². The molecule has 0 N–H and O–H groups in total. The van der Waals surface area contributed by atoms with E-state index in [1.807, 2.05) is 0 Å². The van der Waals surface area contributed by atoms with Gasteiger partial charge in [-0.2, -0.15) is 5.26 Å². The first kappa shape index (κ1) is 21.4. The van der Waals surface area contributed by atoms with Crippen LogP contribution in [-0.4, -0.2) is 29.6 Å². The summed E-state index contributed by atoms with van der Waals surface area (Å²) < 4.78 is 5.16. The van der Waals surface area contributed by atoms with Crippen LogP contribution in [0.4, 0.5) is 0 Å². The molecule has 3 aromatic carbocycles. The Balaban J connectivity index is 1.79. The molecule has 3 aromatic rings. The van der Waals surface area contributed by atoms with Crippen LogP contribution in [0.3, 0.4) is 0 Å². The number of allylic oxidation sites excluding steroid dienone is 1. The molecular formula is C27H16N2O4S. The van der Waals surface area contributed by atoms with Gasteiger partial charge in [-0.05, 0) is 42.0 Å². The summed E-state index contributed by atoms with van der Waals surface area (Å²) in [6, 6.07) is 21.9. The lowest BCUT2D eigenvalue weighted by molar-refractivity contribution is -0.121. The fourth-order valence-electron chi connectivity index (χ4n) is 4.24. The highest BCUT2D eigenvalue weighted by Gasteiger charge is 2.47. The van der Waals surface area contributed by atoms with E-state index in [9.17, 15) is 19.6 Å². The third-order valence-electron chi connectivity index (χ3n) is 5.84. The molecule has 0 bridgehead atoms. The average Bonchev–Trinajstić information content (AvgIpc) is 3.17. The third-order valence-corrected chi connectivity index (χ3v) is 6.14. The quantitative estimate of drug-likeness (QED) is 0.454. The number of nitriles is 1. The highest BCUT2D eigenvalue weighted by atomic mass is 32.1. The van der Waals surface area contributed by atoms with Gasteiger partial charge in [0.1, 0.15) is 11.8 Å². The number of carbonyl (C=O) groups is 3. The second-order valence-corrected chi connectivity index (χ2v) is 8.20. The van der Waals surface area contributed by atoms with Gasteiger partial charge in [-0.3, -0.25) is 14.4 Å². The highest BCUT2D eigenvalue weighted by Crippen LogP contribution is 2.45. The first-order chi connectivity index (χ1) is 16.5. The van der Waals surface area contributed by atoms with Crippen LogP contribution in [-0.2, 0) is 4.79 Å². The Kier molecular flexibility index (Phi) is 5.16. The summed E-state index contributed by atoms with van der Waals surface area (Å²) in [5.74, 6) is -1.17. The number of imide groups is 1. The number of hydrogen-bond donors (Lipinski definition) is 1. The molecular weight excluding hydrogens is 448 g/mol. The Morgan fingerprint density at radius 2 is 1.56 bits per heavy atom. The summed E-state index contributed by atoms with van der Waals surface area (Å²) >= 11 is 4.31. The number of nitrogens with zero attached hydrogens (tertiary/aromatic N) is 2. The number of ketones is 1. The second-order valence-electron chi connectivity index (χ2n) is 7.68. The number of Topliss-reactive ketones (excluding diaryl/α,β-unsaturated/α-hetero) is 1. The third kappa shape index (κ3) is 3.16. The van der Waals surface area contributed by atoms with Crippen LogP contribution in [0.5, 0.6) is 5.75 Å². The fraction of sp³-hybridized carbons (Fsp3) is 0.0370. The van der Waals surface area contributed by atoms with Crippen LogP contribution in [0.1, 0.15) is 31.8 Å². The molecule has 0 atom stereocenters. The van der Waals surface area contributed by atoms with Gasteiger partial charge in [-0.1, -0.05) is 36.4 Å². The van der Waals surface area contributed by atoms with Crippen LogP contribution in [0.2, 0.25) is 0 Å². The van der Waals surface area contributed by atoms with Gasteiger partial charge < -0.3 is 4.74 Å². The molecule has 0 unspecified atom stereocenters. The largest absolute Gasteiger partial charge is 0.497 e. The van der Waals surface area contributed by atoms with Crippen LogP contribution >= 0.6 is 12.6 Å². The predicted octanol–water partition coefficient (Wildman–Crippen LogP) is 4.55. The zero-order chi connectivity index (χ0) is 24.0. The number of fused-ring (bicyclic) bond motifs is 2. The van der Waals surface area contributed by atoms with E-state index in [2.05, 4.69) is 18.7 Å². The lowest BCUT2D eigenvalue weighted by Crippen LogP contribution is -2.32. The van der Waals surface area contributed by atoms with Crippen LogP contribution in [0, 0.1) is 11.3 Å². The zero-order valence-corrected chi connectivity index (χ0v) is 18.8. The van der Waals surface area contributed by atoms with Gasteiger partial charge in [0.25, 0.3) is 11.8 Å². The maximum absolute atomic E-state index is 13.7. The van der Waals surface area contributed by atoms with Gasteiger partial charge in [0.05, 0.1) is 29.5 Å². The van der Waals surface area contributed by atoms with Crippen molar-refractivity contribution in [3.05, 3.63) is 106 Å². The standard InChI is InChI=1S/C27H16N2O4S/c1-33-17-10-6-16(7-11-17)26(31)29-24(15-8-12-18(34)13-9-15)23-22(27(29)32)21(14-28)19-4-2-3-5-20(19)25(23)30/h2-13,34H,1H3. The number of rotatable bonds is 3. The molecule has 1 aliphatic carbocycles. The van der Waals surface area contributed by atoms with E-state index in [-0.39, 0.29) is 28.0 Å². The van der Waals surface area contributed by atoms with Crippen molar-refractivity contribution in [1.29, 1.82) is 5.26 Å². The predicted molar refractivity (Wildman–Crippen MR) is 128 cm³/mol. The maximum atomic E-state index is 13.7. The van der Waals surface area contributed by atoms with Gasteiger partial charge >= 0.3 is 0 Å². The summed E-state index contributed by atoms with van der Waals surface area (Å²) in [5, 5.41) is 9.96. The highest BCUT2D eigenvalue weighted by molar-refractivity contribution is 7.80. The SMILES string of the molecule is COc1ccc(C(=O)N2C(=O)C3=C(C#N)c4ccccc4C(=O)C3=C2c2ccc(S)cc2)cc1. The van der Waals surface area contributed by atoms with Gasteiger partial charge in [0.15, 0.2) is 5.78 Å². The van der Waals surface area contributed by atoms with Crippen molar-refractivity contribution in [2.75, 3.05) is 7.11 Å². The van der Waals surface area contributed by atoms with Crippen molar-refractivity contribution < 1.29 is 19.1 Å². The average molecular weight is 465 g/mol. The number of ether oxygens (including phenoxy) is 1. The first-order valence-electron chi connectivity index (χ1n) is 10.3. The molecule has 5 rings (SSSR count). The number of carbonyl (C=O) groups excluding carboxylic acids is 3. The molecule has 2 amide bonds. The molecule has 1 aliphatic heterocycles. The summed E-state index contributed by atoms with van der Waals surface area (Å²) in [6.07, 6.45) is 0. The second kappa shape index (κ2) is 8.18. The number of methoxy groups -OCH3 is 1. The molecule has 164 valence electrons. The number of thiol groups is 1. The molecule has 0 fully saturated rings. The Hall–Kier alpha value is -4.41. The summed E-state index contributed by atoms with van der Waals surface area (Å²) in [7, 11) is 1.51. The van der Waals surface area contributed by atoms with Gasteiger partial charge in [0, 0.05) is 21.6 Å². The maximum Gasteiger partial charge on any atom is 0.267 e. The molecule has 7 heteroatoms. The van der Waals surface area contributed by atoms with Crippen molar-refractivity contribution in [1.82, 2.24) is 4.90 Å². The van der Waals surface area contributed by atoms with Gasteiger partial charge in [-0.25, -0.2) is 4.90 Å². The fourth-order valence-corrected chi connectivity index (χ4v) is 4.39. The van der Waals surface area contributed by atoms with E-state index in [4.69, 9.17) is 4.74 Å². The molecule has 0 saturated heterocycles. The van der Waals surface area contributed by atoms with Crippen molar-refractivity contribution >= 4 is 41.5 Å². The van der Waals surface area contributed by atoms with Crippen molar-refractivity contribution in [3.8, 4) is 11.8 Å². The van der Waals surface area contributed by atoms with Crippen molar-refractivity contribution in [2.45, 2.75) is 4.90 Å². The molecule has 2 aliphatic rings. The molecule has 1 heterocycles. The van der Waals surface area contributed by atoms with E-state index >= 15 is 0 Å². The van der Waals surface area contributed by atoms with Crippen molar-refractivity contribution in [3.63, 3.8) is 0 Å². The number of benzene rings is 3. The van der Waals surface area contributed by atoms with E-state index in [0.29, 0.717) is 27.3 Å². The summed E-state index contributed by atoms with van der Waals surface area (Å²) in [6.45, 7) is 0. The van der Waals surface area contributed by atoms with Crippen LogP contribution < -0.4 is 4.74 Å². The molecule has 34 heavy (non-hydrogen) atoms. The minimum absolute atomic E-state index is 0.0500.